The molecule has 1 heterocycles. The molecule has 1 atom stereocenters. The molecule has 0 aliphatic carbocycles. The number of hydrogen-bond acceptors (Lipinski definition) is 5. The maximum atomic E-state index is 14.7. The lowest BCUT2D eigenvalue weighted by Gasteiger charge is -2.24. The average molecular weight is 511 g/mol. The molecule has 190 valence electrons. The largest absolute Gasteiger partial charge is 0.380 e. The normalized spacial score (nSPS) is 14.6. The minimum absolute atomic E-state index is 0.0291. The lowest BCUT2D eigenvalue weighted by molar-refractivity contribution is -0.145. The van der Waals surface area contributed by atoms with Gasteiger partial charge in [0.25, 0.3) is 5.91 Å². The van der Waals surface area contributed by atoms with Gasteiger partial charge in [-0.25, -0.2) is 4.39 Å². The Labute approximate surface area is 211 Å². The maximum Gasteiger partial charge on any atom is 0.253 e. The van der Waals surface area contributed by atoms with Gasteiger partial charge in [-0.05, 0) is 27.9 Å². The highest BCUT2D eigenvalue weighted by molar-refractivity contribution is 6.88. The van der Waals surface area contributed by atoms with Gasteiger partial charge in [0.2, 0.25) is 11.8 Å². The van der Waals surface area contributed by atoms with Crippen molar-refractivity contribution in [3.05, 3.63) is 77.1 Å². The summed E-state index contributed by atoms with van der Waals surface area (Å²) in [4.78, 5) is 51.1. The van der Waals surface area contributed by atoms with Crippen LogP contribution in [0.5, 0.6) is 0 Å². The first-order valence-electron chi connectivity index (χ1n) is 11.7. The molecule has 0 fully saturated rings. The number of benzene rings is 2. The number of imide groups is 1. The van der Waals surface area contributed by atoms with Gasteiger partial charge in [-0.3, -0.25) is 24.1 Å². The van der Waals surface area contributed by atoms with Gasteiger partial charge >= 0.3 is 0 Å². The Bertz CT molecular complexity index is 1190. The van der Waals surface area contributed by atoms with E-state index in [0.29, 0.717) is 22.9 Å². The van der Waals surface area contributed by atoms with E-state index in [1.165, 1.54) is 18.2 Å². The fourth-order valence-electron chi connectivity index (χ4n) is 4.00. The summed E-state index contributed by atoms with van der Waals surface area (Å²) in [5, 5.41) is 3.35. The number of amides is 3. The van der Waals surface area contributed by atoms with Crippen molar-refractivity contribution >= 4 is 36.8 Å². The van der Waals surface area contributed by atoms with Crippen LogP contribution >= 0.6 is 0 Å². The SMILES string of the molecule is COCc1ccc([C@@H](NC(=O)CN2C(=O)C=CCC2=O)C(=O)Cc2ccc([Si](C)(C)C)c(F)c2)cc1. The van der Waals surface area contributed by atoms with Gasteiger partial charge in [-0.1, -0.05) is 62.1 Å². The topological polar surface area (TPSA) is 92.8 Å². The Morgan fingerprint density at radius 2 is 1.75 bits per heavy atom. The number of methoxy groups -OCH3 is 1. The first-order valence-corrected chi connectivity index (χ1v) is 15.2. The van der Waals surface area contributed by atoms with E-state index in [1.807, 2.05) is 19.6 Å². The summed E-state index contributed by atoms with van der Waals surface area (Å²) in [6.45, 7) is 6.03. The van der Waals surface area contributed by atoms with Crippen molar-refractivity contribution in [1.82, 2.24) is 10.2 Å². The van der Waals surface area contributed by atoms with E-state index in [4.69, 9.17) is 4.74 Å². The van der Waals surface area contributed by atoms with Crippen molar-refractivity contribution in [2.75, 3.05) is 13.7 Å². The molecule has 1 aliphatic heterocycles. The average Bonchev–Trinajstić information content (AvgIpc) is 2.80. The van der Waals surface area contributed by atoms with Crippen LogP contribution < -0.4 is 10.5 Å². The number of ketones is 1. The molecule has 9 heteroatoms. The molecule has 0 saturated heterocycles. The van der Waals surface area contributed by atoms with E-state index in [0.717, 1.165) is 10.5 Å². The Balaban J connectivity index is 1.83. The summed E-state index contributed by atoms with van der Waals surface area (Å²) < 4.78 is 19.9. The molecule has 0 bridgehead atoms. The zero-order chi connectivity index (χ0) is 26.5. The van der Waals surface area contributed by atoms with Crippen molar-refractivity contribution in [1.29, 1.82) is 0 Å². The molecular weight excluding hydrogens is 479 g/mol. The molecule has 7 nitrogen and oxygen atoms in total. The molecular formula is C27H31FN2O5Si. The van der Waals surface area contributed by atoms with Gasteiger partial charge in [0, 0.05) is 26.0 Å². The van der Waals surface area contributed by atoms with Crippen LogP contribution in [0.4, 0.5) is 4.39 Å². The van der Waals surface area contributed by atoms with Crippen LogP contribution in [-0.2, 0) is 36.9 Å². The van der Waals surface area contributed by atoms with Crippen molar-refractivity contribution < 1.29 is 28.3 Å². The molecule has 0 unspecified atom stereocenters. The third-order valence-electron chi connectivity index (χ3n) is 5.89. The number of ether oxygens (including phenoxy) is 1. The molecule has 3 amide bonds. The van der Waals surface area contributed by atoms with Gasteiger partial charge in [0.05, 0.1) is 14.7 Å². The minimum Gasteiger partial charge on any atom is -0.380 e. The number of Topliss-reactive ketones (excluding diaryl/α,β-unsaturated/α-hetero) is 1. The van der Waals surface area contributed by atoms with Crippen LogP contribution in [-0.4, -0.2) is 50.1 Å². The Morgan fingerprint density at radius 1 is 1.08 bits per heavy atom. The van der Waals surface area contributed by atoms with Crippen LogP contribution in [0.25, 0.3) is 0 Å². The number of carbonyl (C=O) groups is 4. The Kier molecular flexibility index (Phi) is 8.70. The highest BCUT2D eigenvalue weighted by Gasteiger charge is 2.28. The fourth-order valence-corrected chi connectivity index (χ4v) is 5.37. The van der Waals surface area contributed by atoms with Gasteiger partial charge < -0.3 is 10.1 Å². The minimum atomic E-state index is -1.87. The van der Waals surface area contributed by atoms with Crippen LogP contribution in [0.1, 0.15) is 29.2 Å². The monoisotopic (exact) mass is 510 g/mol. The van der Waals surface area contributed by atoms with Crippen molar-refractivity contribution in [3.63, 3.8) is 0 Å². The van der Waals surface area contributed by atoms with Crippen LogP contribution in [0, 0.1) is 5.82 Å². The quantitative estimate of drug-likeness (QED) is 0.392. The highest BCUT2D eigenvalue weighted by Crippen LogP contribution is 2.19. The van der Waals surface area contributed by atoms with Gasteiger partial charge in [-0.2, -0.15) is 0 Å². The zero-order valence-electron chi connectivity index (χ0n) is 21.0. The maximum absolute atomic E-state index is 14.7. The predicted molar refractivity (Wildman–Crippen MR) is 137 cm³/mol. The number of carbonyl (C=O) groups excluding carboxylic acids is 4. The van der Waals surface area contributed by atoms with E-state index >= 15 is 0 Å². The number of nitrogens with zero attached hydrogens (tertiary/aromatic N) is 1. The summed E-state index contributed by atoms with van der Waals surface area (Å²) in [5.74, 6) is -2.39. The summed E-state index contributed by atoms with van der Waals surface area (Å²) in [7, 11) is -0.299. The molecule has 0 spiro atoms. The fraction of sp³-hybridized carbons (Fsp3) is 0.333. The molecule has 0 radical (unpaired) electrons. The third-order valence-corrected chi connectivity index (χ3v) is 7.91. The Hall–Kier alpha value is -3.43. The van der Waals surface area contributed by atoms with Gasteiger partial charge in [-0.15, -0.1) is 0 Å². The van der Waals surface area contributed by atoms with Crippen LogP contribution in [0.3, 0.4) is 0 Å². The lowest BCUT2D eigenvalue weighted by atomic mass is 9.96. The second-order valence-corrected chi connectivity index (χ2v) is 14.8. The van der Waals surface area contributed by atoms with Crippen molar-refractivity contribution in [2.24, 2.45) is 0 Å². The van der Waals surface area contributed by atoms with Gasteiger partial charge in [0.1, 0.15) is 18.4 Å². The van der Waals surface area contributed by atoms with E-state index in [1.54, 1.807) is 43.5 Å². The second-order valence-electron chi connectivity index (χ2n) is 9.81. The molecule has 1 N–H and O–H groups in total. The van der Waals surface area contributed by atoms with Gasteiger partial charge in [0.15, 0.2) is 5.78 Å². The summed E-state index contributed by atoms with van der Waals surface area (Å²) in [6, 6.07) is 10.8. The molecule has 36 heavy (non-hydrogen) atoms. The lowest BCUT2D eigenvalue weighted by Crippen LogP contribution is -2.46. The molecule has 0 aromatic heterocycles. The summed E-state index contributed by atoms with van der Waals surface area (Å²) in [6.07, 6.45) is 2.61. The molecule has 0 saturated carbocycles. The number of hydrogen-bond donors (Lipinski definition) is 1. The first-order chi connectivity index (χ1) is 17.0. The van der Waals surface area contributed by atoms with Crippen LogP contribution in [0.15, 0.2) is 54.6 Å². The van der Waals surface area contributed by atoms with E-state index in [2.05, 4.69) is 5.32 Å². The molecule has 3 rings (SSSR count). The highest BCUT2D eigenvalue weighted by atomic mass is 28.3. The number of halogens is 1. The van der Waals surface area contributed by atoms with E-state index in [9.17, 15) is 23.6 Å². The number of rotatable bonds is 10. The van der Waals surface area contributed by atoms with E-state index < -0.39 is 38.4 Å². The first kappa shape index (κ1) is 27.2. The summed E-state index contributed by atoms with van der Waals surface area (Å²) >= 11 is 0. The van der Waals surface area contributed by atoms with E-state index in [-0.39, 0.29) is 24.4 Å². The molecule has 1 aliphatic rings. The zero-order valence-corrected chi connectivity index (χ0v) is 22.0. The third kappa shape index (κ3) is 6.83. The molecule has 2 aromatic carbocycles. The standard InChI is InChI=1S/C27H31FN2O5Si/c1-35-17-18-8-11-20(12-9-18)27(29-24(32)16-30-25(33)6-5-7-26(30)34)22(31)15-19-10-13-23(21(28)14-19)36(2,3)4/h5-6,8-14,27H,7,15-17H2,1-4H3,(H,29,32)/t27-/m1/s1. The number of nitrogens with one attached hydrogen (secondary N) is 1. The smallest absolute Gasteiger partial charge is 0.253 e. The van der Waals surface area contributed by atoms with Crippen molar-refractivity contribution in [3.8, 4) is 0 Å². The predicted octanol–water partition coefficient (Wildman–Crippen LogP) is 2.80. The Morgan fingerprint density at radius 3 is 2.33 bits per heavy atom. The second kappa shape index (κ2) is 11.5. The summed E-state index contributed by atoms with van der Waals surface area (Å²) in [5.41, 5.74) is 1.92. The molecule has 2 aromatic rings. The van der Waals surface area contributed by atoms with Crippen LogP contribution in [0.2, 0.25) is 19.6 Å². The van der Waals surface area contributed by atoms with Crippen molar-refractivity contribution in [2.45, 2.75) is 45.1 Å².